The first kappa shape index (κ1) is 22.0. The van der Waals surface area contributed by atoms with Crippen molar-refractivity contribution in [3.8, 4) is 0 Å². The van der Waals surface area contributed by atoms with Crippen molar-refractivity contribution in [3.05, 3.63) is 64.1 Å². The molecule has 1 heterocycles. The minimum atomic E-state index is -3.40. The van der Waals surface area contributed by atoms with Gasteiger partial charge in [0.15, 0.2) is 0 Å². The maximum atomic E-state index is 12.7. The minimum Gasteiger partial charge on any atom is -0.380 e. The number of anilines is 1. The maximum absolute atomic E-state index is 12.7. The highest BCUT2D eigenvalue weighted by Gasteiger charge is 2.31. The molecule has 0 radical (unpaired) electrons. The van der Waals surface area contributed by atoms with Crippen molar-refractivity contribution in [2.75, 3.05) is 25.5 Å². The Morgan fingerprint density at radius 1 is 1.14 bits per heavy atom. The fourth-order valence-corrected chi connectivity index (χ4v) is 5.26. The maximum Gasteiger partial charge on any atom is 0.227 e. The van der Waals surface area contributed by atoms with Gasteiger partial charge in [-0.3, -0.25) is 4.79 Å². The number of benzene rings is 2. The summed E-state index contributed by atoms with van der Waals surface area (Å²) in [5, 5.41) is 2.94. The van der Waals surface area contributed by atoms with Gasteiger partial charge in [-0.15, -0.1) is 0 Å². The number of hydrogen-bond acceptors (Lipinski definition) is 4. The van der Waals surface area contributed by atoms with Crippen LogP contribution in [0, 0.1) is 5.92 Å². The third kappa shape index (κ3) is 6.12. The molecular formula is C21H25BrN2O4S. The largest absolute Gasteiger partial charge is 0.380 e. The Balaban J connectivity index is 1.54. The molecule has 1 saturated heterocycles. The molecule has 0 aromatic heterocycles. The van der Waals surface area contributed by atoms with E-state index in [4.69, 9.17) is 4.74 Å². The molecule has 8 heteroatoms. The zero-order valence-electron chi connectivity index (χ0n) is 16.3. The summed E-state index contributed by atoms with van der Waals surface area (Å²) < 4.78 is 32.9. The molecule has 0 aliphatic carbocycles. The molecule has 1 amide bonds. The van der Waals surface area contributed by atoms with Gasteiger partial charge in [-0.2, -0.15) is 0 Å². The molecule has 0 spiro atoms. The van der Waals surface area contributed by atoms with Crippen LogP contribution in [0.3, 0.4) is 0 Å². The van der Waals surface area contributed by atoms with Crippen LogP contribution in [0.15, 0.2) is 53.0 Å². The van der Waals surface area contributed by atoms with Gasteiger partial charge < -0.3 is 10.1 Å². The third-order valence-electron chi connectivity index (χ3n) is 4.99. The van der Waals surface area contributed by atoms with Crippen molar-refractivity contribution in [2.45, 2.75) is 25.2 Å². The van der Waals surface area contributed by atoms with Crippen molar-refractivity contribution in [1.29, 1.82) is 0 Å². The Morgan fingerprint density at radius 3 is 2.48 bits per heavy atom. The van der Waals surface area contributed by atoms with Crippen molar-refractivity contribution < 1.29 is 17.9 Å². The topological polar surface area (TPSA) is 75.7 Å². The minimum absolute atomic E-state index is 0.0244. The van der Waals surface area contributed by atoms with Crippen molar-refractivity contribution >= 4 is 37.5 Å². The Kier molecular flexibility index (Phi) is 7.45. The summed E-state index contributed by atoms with van der Waals surface area (Å²) in [5.41, 5.74) is 2.47. The summed E-state index contributed by atoms with van der Waals surface area (Å²) in [4.78, 5) is 12.6. The van der Waals surface area contributed by atoms with Crippen LogP contribution < -0.4 is 5.32 Å². The van der Waals surface area contributed by atoms with E-state index in [1.165, 1.54) is 4.31 Å². The van der Waals surface area contributed by atoms with Crippen LogP contribution in [-0.2, 0) is 31.9 Å². The van der Waals surface area contributed by atoms with Crippen LogP contribution in [-0.4, -0.2) is 38.8 Å². The molecule has 0 saturated carbocycles. The number of sulfonamides is 1. The summed E-state index contributed by atoms with van der Waals surface area (Å²) in [5.74, 6) is -0.284. The first-order valence-electron chi connectivity index (χ1n) is 9.48. The van der Waals surface area contributed by atoms with E-state index in [0.717, 1.165) is 21.3 Å². The lowest BCUT2D eigenvalue weighted by Gasteiger charge is -2.30. The molecule has 0 unspecified atom stereocenters. The van der Waals surface area contributed by atoms with Gasteiger partial charge in [-0.05, 0) is 48.2 Å². The second-order valence-electron chi connectivity index (χ2n) is 7.18. The molecule has 29 heavy (non-hydrogen) atoms. The third-order valence-corrected chi connectivity index (χ3v) is 7.36. The van der Waals surface area contributed by atoms with Crippen molar-refractivity contribution in [1.82, 2.24) is 4.31 Å². The van der Waals surface area contributed by atoms with Crippen LogP contribution >= 0.6 is 15.9 Å². The average molecular weight is 481 g/mol. The number of hydrogen-bond donors (Lipinski definition) is 1. The number of halogens is 1. The van der Waals surface area contributed by atoms with Gasteiger partial charge in [0.05, 0.1) is 12.4 Å². The van der Waals surface area contributed by atoms with Gasteiger partial charge in [-0.25, -0.2) is 12.7 Å². The van der Waals surface area contributed by atoms with E-state index in [9.17, 15) is 13.2 Å². The number of piperidine rings is 1. The highest BCUT2D eigenvalue weighted by molar-refractivity contribution is 9.10. The molecule has 156 valence electrons. The van der Waals surface area contributed by atoms with E-state index in [1.54, 1.807) is 19.2 Å². The second kappa shape index (κ2) is 9.84. The number of nitrogens with zero attached hydrogens (tertiary/aromatic N) is 1. The van der Waals surface area contributed by atoms with Crippen molar-refractivity contribution in [3.63, 3.8) is 0 Å². The van der Waals surface area contributed by atoms with Gasteiger partial charge in [0, 0.05) is 36.3 Å². The van der Waals surface area contributed by atoms with Gasteiger partial charge in [0.25, 0.3) is 0 Å². The number of rotatable bonds is 7. The molecule has 3 rings (SSSR count). The quantitative estimate of drug-likeness (QED) is 0.654. The summed E-state index contributed by atoms with van der Waals surface area (Å²) in [6, 6.07) is 14.8. The lowest BCUT2D eigenvalue weighted by molar-refractivity contribution is -0.120. The Hall–Kier alpha value is -1.74. The predicted molar refractivity (Wildman–Crippen MR) is 117 cm³/mol. The molecule has 0 bridgehead atoms. The first-order chi connectivity index (χ1) is 13.9. The summed E-state index contributed by atoms with van der Waals surface area (Å²) in [7, 11) is -1.77. The first-order valence-corrected chi connectivity index (χ1v) is 11.9. The van der Waals surface area contributed by atoms with E-state index in [0.29, 0.717) is 32.5 Å². The second-order valence-corrected chi connectivity index (χ2v) is 10.1. The predicted octanol–water partition coefficient (Wildman–Crippen LogP) is 3.78. The number of ether oxygens (including phenoxy) is 1. The van der Waals surface area contributed by atoms with Gasteiger partial charge in [0.2, 0.25) is 15.9 Å². The van der Waals surface area contributed by atoms with Crippen molar-refractivity contribution in [2.24, 2.45) is 5.92 Å². The SMILES string of the molecule is COCc1cccc(NC(=O)C2CCN(S(=O)(=O)Cc3ccc(Br)cc3)CC2)c1. The molecule has 1 aliphatic rings. The molecule has 0 atom stereocenters. The fourth-order valence-electron chi connectivity index (χ4n) is 3.43. The highest BCUT2D eigenvalue weighted by atomic mass is 79.9. The number of amides is 1. The van der Waals surface area contributed by atoms with Gasteiger partial charge in [-0.1, -0.05) is 40.2 Å². The average Bonchev–Trinajstić information content (AvgIpc) is 2.70. The molecule has 1 aliphatic heterocycles. The van der Waals surface area contributed by atoms with Crippen LogP contribution in [0.5, 0.6) is 0 Å². The molecule has 1 N–H and O–H groups in total. The Labute approximate surface area is 180 Å². The van der Waals surface area contributed by atoms with Crippen LogP contribution in [0.4, 0.5) is 5.69 Å². The molecule has 2 aromatic rings. The van der Waals surface area contributed by atoms with Crippen LogP contribution in [0.1, 0.15) is 24.0 Å². The molecular weight excluding hydrogens is 456 g/mol. The van der Waals surface area contributed by atoms with E-state index < -0.39 is 10.0 Å². The summed E-state index contributed by atoms with van der Waals surface area (Å²) >= 11 is 3.35. The van der Waals surface area contributed by atoms with Crippen LogP contribution in [0.2, 0.25) is 0 Å². The van der Waals surface area contributed by atoms with E-state index in [1.807, 2.05) is 36.4 Å². The van der Waals surface area contributed by atoms with E-state index in [-0.39, 0.29) is 17.6 Å². The standard InChI is InChI=1S/C21H25BrN2O4S/c1-28-14-17-3-2-4-20(13-17)23-21(25)18-9-11-24(12-10-18)29(26,27)15-16-5-7-19(22)8-6-16/h2-8,13,18H,9-12,14-15H2,1H3,(H,23,25). The molecule has 1 fully saturated rings. The van der Waals surface area contributed by atoms with E-state index in [2.05, 4.69) is 21.2 Å². The normalized spacial score (nSPS) is 15.9. The zero-order chi connectivity index (χ0) is 20.9. The smallest absolute Gasteiger partial charge is 0.227 e. The number of methoxy groups -OCH3 is 1. The fraction of sp³-hybridized carbons (Fsp3) is 0.381. The van der Waals surface area contributed by atoms with Crippen LogP contribution in [0.25, 0.3) is 0 Å². The monoisotopic (exact) mass is 480 g/mol. The summed E-state index contributed by atoms with van der Waals surface area (Å²) in [6.45, 7) is 1.21. The summed E-state index contributed by atoms with van der Waals surface area (Å²) in [6.07, 6.45) is 1.03. The lowest BCUT2D eigenvalue weighted by Crippen LogP contribution is -2.41. The number of carbonyl (C=O) groups is 1. The van der Waals surface area contributed by atoms with E-state index >= 15 is 0 Å². The van der Waals surface area contributed by atoms with Gasteiger partial charge in [0.1, 0.15) is 0 Å². The molecule has 6 nitrogen and oxygen atoms in total. The number of carbonyl (C=O) groups excluding carboxylic acids is 1. The molecule has 2 aromatic carbocycles. The van der Waals surface area contributed by atoms with Gasteiger partial charge >= 0.3 is 0 Å². The lowest BCUT2D eigenvalue weighted by atomic mass is 9.97. The zero-order valence-corrected chi connectivity index (χ0v) is 18.7. The highest BCUT2D eigenvalue weighted by Crippen LogP contribution is 2.24. The number of nitrogens with one attached hydrogen (secondary N) is 1. The Bertz CT molecular complexity index is 939. The Morgan fingerprint density at radius 2 is 1.83 bits per heavy atom.